The highest BCUT2D eigenvalue weighted by atomic mass is 16.5. The molecule has 1 atom stereocenters. The Balaban J connectivity index is 1.51. The van der Waals surface area contributed by atoms with E-state index >= 15 is 0 Å². The average molecular weight is 445 g/mol. The number of ether oxygens (including phenoxy) is 1. The number of nitrogens with zero attached hydrogens (tertiary/aromatic N) is 3. The highest BCUT2D eigenvalue weighted by molar-refractivity contribution is 5.72. The number of aromatic nitrogens is 2. The number of nitrogens with one attached hydrogen (secondary N) is 1. The van der Waals surface area contributed by atoms with Gasteiger partial charge in [0.15, 0.2) is 0 Å². The largest absolute Gasteiger partial charge is 0.477 e. The summed E-state index contributed by atoms with van der Waals surface area (Å²) in [5.41, 5.74) is 7.94. The zero-order valence-corrected chi connectivity index (χ0v) is 19.7. The Bertz CT molecular complexity index is 1100. The highest BCUT2D eigenvalue weighted by Gasteiger charge is 2.19. The van der Waals surface area contributed by atoms with Crippen LogP contribution in [0.3, 0.4) is 0 Å². The topological polar surface area (TPSA) is 67.3 Å². The van der Waals surface area contributed by atoms with E-state index in [4.69, 9.17) is 4.74 Å². The average Bonchev–Trinajstić information content (AvgIpc) is 2.84. The Morgan fingerprint density at radius 1 is 1.21 bits per heavy atom. The third-order valence-corrected chi connectivity index (χ3v) is 6.19. The van der Waals surface area contributed by atoms with E-state index in [1.165, 1.54) is 11.1 Å². The maximum atomic E-state index is 10.9. The lowest BCUT2D eigenvalue weighted by molar-refractivity contribution is -0.110. The molecule has 0 spiro atoms. The summed E-state index contributed by atoms with van der Waals surface area (Å²) in [6, 6.07) is 12.8. The number of rotatable bonds is 9. The third kappa shape index (κ3) is 5.57. The van der Waals surface area contributed by atoms with E-state index in [-0.39, 0.29) is 5.92 Å². The van der Waals surface area contributed by atoms with Crippen molar-refractivity contribution < 1.29 is 9.53 Å². The van der Waals surface area contributed by atoms with Crippen LogP contribution in [0, 0.1) is 12.8 Å². The fourth-order valence-electron chi connectivity index (χ4n) is 4.24. The molecule has 0 aliphatic carbocycles. The standard InChI is InChI=1S/C27H32N4O2/c1-4-33-27-16-28-26(15-29-27)24-14-22(9-8-20(24)3)30-25-7-5-6-21-17-31(13-11-23(21)25)12-10-19(2)18-32/h5-9,14-16,18-19,30H,4,10-13,17H2,1-3H3/t19-/m0/s1. The molecule has 33 heavy (non-hydrogen) atoms. The molecule has 0 bridgehead atoms. The predicted molar refractivity (Wildman–Crippen MR) is 132 cm³/mol. The number of hydrogen-bond acceptors (Lipinski definition) is 6. The van der Waals surface area contributed by atoms with E-state index in [2.05, 4.69) is 63.5 Å². The molecule has 4 rings (SSSR count). The van der Waals surface area contributed by atoms with E-state index in [0.717, 1.165) is 67.0 Å². The molecule has 0 saturated carbocycles. The quantitative estimate of drug-likeness (QED) is 0.459. The number of carbonyl (C=O) groups excluding carboxylic acids is 1. The number of aldehydes is 1. The second-order valence-electron chi connectivity index (χ2n) is 8.70. The molecule has 0 unspecified atom stereocenters. The third-order valence-electron chi connectivity index (χ3n) is 6.19. The van der Waals surface area contributed by atoms with Crippen LogP contribution in [0.1, 0.15) is 37.0 Å². The second kappa shape index (κ2) is 10.6. The summed E-state index contributed by atoms with van der Waals surface area (Å²) < 4.78 is 5.42. The number of benzene rings is 2. The van der Waals surface area contributed by atoms with Gasteiger partial charge in [-0.25, -0.2) is 9.97 Å². The van der Waals surface area contributed by atoms with Crippen molar-refractivity contribution in [2.24, 2.45) is 5.92 Å². The lowest BCUT2D eigenvalue weighted by atomic mass is 9.96. The Morgan fingerprint density at radius 2 is 2.09 bits per heavy atom. The van der Waals surface area contributed by atoms with Crippen LogP contribution in [0.4, 0.5) is 11.4 Å². The van der Waals surface area contributed by atoms with Crippen LogP contribution in [-0.2, 0) is 17.8 Å². The molecule has 0 saturated heterocycles. The summed E-state index contributed by atoms with van der Waals surface area (Å²) >= 11 is 0. The Morgan fingerprint density at radius 3 is 2.85 bits per heavy atom. The lowest BCUT2D eigenvalue weighted by Crippen LogP contribution is -2.32. The van der Waals surface area contributed by atoms with Crippen LogP contribution in [-0.4, -0.2) is 40.9 Å². The van der Waals surface area contributed by atoms with Gasteiger partial charge < -0.3 is 14.8 Å². The first-order valence-electron chi connectivity index (χ1n) is 11.7. The summed E-state index contributed by atoms with van der Waals surface area (Å²) in [4.78, 5) is 22.3. The van der Waals surface area contributed by atoms with Crippen molar-refractivity contribution in [2.75, 3.05) is 25.0 Å². The number of aryl methyl sites for hydroxylation is 1. The monoisotopic (exact) mass is 444 g/mol. The summed E-state index contributed by atoms with van der Waals surface area (Å²) in [6.45, 7) is 9.48. The second-order valence-corrected chi connectivity index (χ2v) is 8.70. The molecule has 0 fully saturated rings. The number of fused-ring (bicyclic) bond motifs is 1. The molecule has 3 aromatic rings. The van der Waals surface area contributed by atoms with E-state index in [9.17, 15) is 4.79 Å². The first kappa shape index (κ1) is 22.9. The van der Waals surface area contributed by atoms with Gasteiger partial charge in [0.1, 0.15) is 6.29 Å². The van der Waals surface area contributed by atoms with Gasteiger partial charge in [0.2, 0.25) is 5.88 Å². The van der Waals surface area contributed by atoms with Crippen molar-refractivity contribution in [3.63, 3.8) is 0 Å². The van der Waals surface area contributed by atoms with Gasteiger partial charge in [0.05, 0.1) is 24.7 Å². The minimum absolute atomic E-state index is 0.121. The Labute approximate surface area is 196 Å². The molecular formula is C27H32N4O2. The van der Waals surface area contributed by atoms with Gasteiger partial charge in [-0.1, -0.05) is 25.1 Å². The minimum atomic E-state index is 0.121. The van der Waals surface area contributed by atoms with Crippen molar-refractivity contribution in [3.8, 4) is 17.1 Å². The minimum Gasteiger partial charge on any atom is -0.477 e. The van der Waals surface area contributed by atoms with Crippen molar-refractivity contribution in [1.82, 2.24) is 14.9 Å². The zero-order valence-electron chi connectivity index (χ0n) is 19.7. The van der Waals surface area contributed by atoms with Crippen LogP contribution >= 0.6 is 0 Å². The first-order chi connectivity index (χ1) is 16.1. The van der Waals surface area contributed by atoms with E-state index in [1.54, 1.807) is 12.4 Å². The fraction of sp³-hybridized carbons (Fsp3) is 0.370. The van der Waals surface area contributed by atoms with Gasteiger partial charge in [-0.2, -0.15) is 0 Å². The molecule has 0 radical (unpaired) electrons. The molecular weight excluding hydrogens is 412 g/mol. The maximum Gasteiger partial charge on any atom is 0.232 e. The van der Waals surface area contributed by atoms with Crippen molar-refractivity contribution in [1.29, 1.82) is 0 Å². The van der Waals surface area contributed by atoms with Gasteiger partial charge in [-0.05, 0) is 68.1 Å². The fourth-order valence-corrected chi connectivity index (χ4v) is 4.24. The van der Waals surface area contributed by atoms with Crippen LogP contribution < -0.4 is 10.1 Å². The zero-order chi connectivity index (χ0) is 23.2. The van der Waals surface area contributed by atoms with Gasteiger partial charge in [0, 0.05) is 35.9 Å². The van der Waals surface area contributed by atoms with Crippen molar-refractivity contribution in [2.45, 2.75) is 40.2 Å². The summed E-state index contributed by atoms with van der Waals surface area (Å²) in [7, 11) is 0. The summed E-state index contributed by atoms with van der Waals surface area (Å²) in [6.07, 6.45) is 6.40. The number of anilines is 2. The molecule has 0 amide bonds. The van der Waals surface area contributed by atoms with Gasteiger partial charge >= 0.3 is 0 Å². The summed E-state index contributed by atoms with van der Waals surface area (Å²) in [5, 5.41) is 3.64. The molecule has 2 aromatic carbocycles. The van der Waals surface area contributed by atoms with Gasteiger partial charge in [-0.3, -0.25) is 4.90 Å². The number of hydrogen-bond donors (Lipinski definition) is 1. The molecule has 2 heterocycles. The molecule has 1 N–H and O–H groups in total. The maximum absolute atomic E-state index is 10.9. The smallest absolute Gasteiger partial charge is 0.232 e. The molecule has 1 aliphatic heterocycles. The van der Waals surface area contributed by atoms with E-state index in [0.29, 0.717) is 12.5 Å². The van der Waals surface area contributed by atoms with Crippen LogP contribution in [0.25, 0.3) is 11.3 Å². The van der Waals surface area contributed by atoms with E-state index < -0.39 is 0 Å². The van der Waals surface area contributed by atoms with Crippen LogP contribution in [0.5, 0.6) is 5.88 Å². The van der Waals surface area contributed by atoms with Crippen LogP contribution in [0.2, 0.25) is 0 Å². The Hall–Kier alpha value is -3.25. The lowest BCUT2D eigenvalue weighted by Gasteiger charge is -2.30. The molecule has 6 nitrogen and oxygen atoms in total. The number of carbonyl (C=O) groups is 1. The SMILES string of the molecule is CCOc1cnc(-c2cc(Nc3cccc4c3CCN(CC[C@H](C)C=O)C4)ccc2C)cn1. The van der Waals surface area contributed by atoms with Crippen LogP contribution in [0.15, 0.2) is 48.8 Å². The van der Waals surface area contributed by atoms with Gasteiger partial charge in [-0.15, -0.1) is 0 Å². The molecule has 172 valence electrons. The predicted octanol–water partition coefficient (Wildman–Crippen LogP) is 5.18. The van der Waals surface area contributed by atoms with Gasteiger partial charge in [0.25, 0.3) is 0 Å². The molecule has 6 heteroatoms. The highest BCUT2D eigenvalue weighted by Crippen LogP contribution is 2.31. The molecule has 1 aromatic heterocycles. The normalized spacial score (nSPS) is 14.4. The first-order valence-corrected chi connectivity index (χ1v) is 11.7. The molecule has 1 aliphatic rings. The summed E-state index contributed by atoms with van der Waals surface area (Å²) in [5.74, 6) is 0.661. The van der Waals surface area contributed by atoms with Crippen molar-refractivity contribution in [3.05, 3.63) is 65.5 Å². The van der Waals surface area contributed by atoms with E-state index in [1.807, 2.05) is 13.8 Å². The Kier molecular flexibility index (Phi) is 7.35. The van der Waals surface area contributed by atoms with Crippen molar-refractivity contribution >= 4 is 17.7 Å².